The Bertz CT molecular complexity index is 987. The SMILES string of the molecule is CN(C)C(=O)CSc1ccccc1C(=O)NCc1cn2cc(Cl)ccc2n1. The third-order valence-corrected chi connectivity index (χ3v) is 5.16. The van der Waals surface area contributed by atoms with Crippen molar-refractivity contribution in [1.82, 2.24) is 19.6 Å². The lowest BCUT2D eigenvalue weighted by molar-refractivity contribution is -0.125. The Morgan fingerprint density at radius 1 is 1.19 bits per heavy atom. The molecule has 1 aromatic carbocycles. The van der Waals surface area contributed by atoms with Crippen molar-refractivity contribution in [3.05, 3.63) is 65.1 Å². The summed E-state index contributed by atoms with van der Waals surface area (Å²) in [6.07, 6.45) is 3.60. The number of amides is 2. The minimum Gasteiger partial charge on any atom is -0.348 e. The summed E-state index contributed by atoms with van der Waals surface area (Å²) in [4.78, 5) is 31.2. The Balaban J connectivity index is 1.67. The molecule has 140 valence electrons. The summed E-state index contributed by atoms with van der Waals surface area (Å²) in [6.45, 7) is 0.299. The van der Waals surface area contributed by atoms with E-state index in [-0.39, 0.29) is 17.6 Å². The summed E-state index contributed by atoms with van der Waals surface area (Å²) in [5.41, 5.74) is 2.04. The Morgan fingerprint density at radius 2 is 1.96 bits per heavy atom. The number of benzene rings is 1. The van der Waals surface area contributed by atoms with Gasteiger partial charge in [0.2, 0.25) is 5.91 Å². The van der Waals surface area contributed by atoms with Crippen LogP contribution in [-0.4, -0.2) is 45.9 Å². The Labute approximate surface area is 166 Å². The molecule has 8 heteroatoms. The summed E-state index contributed by atoms with van der Waals surface area (Å²) in [7, 11) is 3.42. The molecule has 0 saturated heterocycles. The zero-order chi connectivity index (χ0) is 19.4. The van der Waals surface area contributed by atoms with Crippen LogP contribution in [0.1, 0.15) is 16.1 Å². The van der Waals surface area contributed by atoms with Gasteiger partial charge in [0.1, 0.15) is 5.65 Å². The molecule has 0 saturated carbocycles. The molecule has 6 nitrogen and oxygen atoms in total. The van der Waals surface area contributed by atoms with Gasteiger partial charge in [-0.2, -0.15) is 0 Å². The number of nitrogens with one attached hydrogen (secondary N) is 1. The summed E-state index contributed by atoms with van der Waals surface area (Å²) >= 11 is 7.33. The van der Waals surface area contributed by atoms with E-state index in [0.717, 1.165) is 16.2 Å². The minimum atomic E-state index is -0.203. The summed E-state index contributed by atoms with van der Waals surface area (Å²) < 4.78 is 1.82. The second-order valence-corrected chi connectivity index (χ2v) is 7.55. The quantitative estimate of drug-likeness (QED) is 0.643. The molecule has 0 aliphatic heterocycles. The van der Waals surface area contributed by atoms with Gasteiger partial charge in [-0.15, -0.1) is 11.8 Å². The highest BCUT2D eigenvalue weighted by Gasteiger charge is 2.14. The lowest BCUT2D eigenvalue weighted by Crippen LogP contribution is -2.25. The number of imidazole rings is 1. The fourth-order valence-electron chi connectivity index (χ4n) is 2.42. The van der Waals surface area contributed by atoms with Crippen LogP contribution in [0.25, 0.3) is 5.65 Å². The van der Waals surface area contributed by atoms with Gasteiger partial charge in [-0.25, -0.2) is 4.98 Å². The van der Waals surface area contributed by atoms with Crippen LogP contribution in [0, 0.1) is 0 Å². The van der Waals surface area contributed by atoms with E-state index in [0.29, 0.717) is 17.1 Å². The van der Waals surface area contributed by atoms with Gasteiger partial charge in [0.25, 0.3) is 5.91 Å². The zero-order valence-electron chi connectivity index (χ0n) is 15.0. The number of rotatable bonds is 6. The van der Waals surface area contributed by atoms with Crippen LogP contribution in [0.5, 0.6) is 0 Å². The van der Waals surface area contributed by atoms with Crippen molar-refractivity contribution in [2.75, 3.05) is 19.8 Å². The first-order valence-electron chi connectivity index (χ1n) is 8.27. The zero-order valence-corrected chi connectivity index (χ0v) is 16.5. The molecule has 0 fully saturated rings. The molecular formula is C19H19ClN4O2S. The van der Waals surface area contributed by atoms with Crippen LogP contribution in [0.2, 0.25) is 5.02 Å². The average Bonchev–Trinajstić information content (AvgIpc) is 3.06. The van der Waals surface area contributed by atoms with Crippen molar-refractivity contribution >= 4 is 40.8 Å². The van der Waals surface area contributed by atoms with Crippen molar-refractivity contribution in [3.8, 4) is 0 Å². The lowest BCUT2D eigenvalue weighted by Gasteiger charge is -2.12. The molecule has 0 bridgehead atoms. The number of carbonyl (C=O) groups excluding carboxylic acids is 2. The van der Waals surface area contributed by atoms with Crippen LogP contribution < -0.4 is 5.32 Å². The maximum absolute atomic E-state index is 12.6. The van der Waals surface area contributed by atoms with Crippen molar-refractivity contribution in [2.45, 2.75) is 11.4 Å². The summed E-state index contributed by atoms with van der Waals surface area (Å²) in [5.74, 6) is 0.0777. The van der Waals surface area contributed by atoms with E-state index in [4.69, 9.17) is 11.6 Å². The third kappa shape index (κ3) is 4.81. The van der Waals surface area contributed by atoms with Gasteiger partial charge in [-0.1, -0.05) is 23.7 Å². The van der Waals surface area contributed by atoms with Gasteiger partial charge in [0, 0.05) is 31.4 Å². The molecule has 1 N–H and O–H groups in total. The fourth-order valence-corrected chi connectivity index (χ4v) is 3.61. The molecule has 0 unspecified atom stereocenters. The van der Waals surface area contributed by atoms with Crippen molar-refractivity contribution < 1.29 is 9.59 Å². The molecule has 0 aliphatic carbocycles. The first-order valence-corrected chi connectivity index (χ1v) is 9.63. The molecule has 2 aromatic heterocycles. The Kier molecular flexibility index (Phi) is 6.03. The number of halogens is 1. The molecule has 27 heavy (non-hydrogen) atoms. The highest BCUT2D eigenvalue weighted by atomic mass is 35.5. The fraction of sp³-hybridized carbons (Fsp3) is 0.211. The second-order valence-electron chi connectivity index (χ2n) is 6.10. The molecule has 0 aliphatic rings. The first-order chi connectivity index (χ1) is 12.9. The maximum Gasteiger partial charge on any atom is 0.252 e. The van der Waals surface area contributed by atoms with E-state index >= 15 is 0 Å². The van der Waals surface area contributed by atoms with E-state index in [1.807, 2.05) is 28.8 Å². The van der Waals surface area contributed by atoms with E-state index in [1.165, 1.54) is 16.7 Å². The smallest absolute Gasteiger partial charge is 0.252 e. The second kappa shape index (κ2) is 8.45. The van der Waals surface area contributed by atoms with Gasteiger partial charge >= 0.3 is 0 Å². The average molecular weight is 403 g/mol. The number of hydrogen-bond donors (Lipinski definition) is 1. The monoisotopic (exact) mass is 402 g/mol. The maximum atomic E-state index is 12.6. The van der Waals surface area contributed by atoms with Crippen molar-refractivity contribution in [2.24, 2.45) is 0 Å². The normalized spacial score (nSPS) is 10.8. The minimum absolute atomic E-state index is 0.00132. The molecule has 3 rings (SSSR count). The molecule has 0 spiro atoms. The van der Waals surface area contributed by atoms with E-state index in [1.54, 1.807) is 38.5 Å². The van der Waals surface area contributed by atoms with Gasteiger partial charge in [-0.05, 0) is 24.3 Å². The number of hydrogen-bond acceptors (Lipinski definition) is 4. The number of aromatic nitrogens is 2. The predicted molar refractivity (Wildman–Crippen MR) is 107 cm³/mol. The molecule has 2 amide bonds. The summed E-state index contributed by atoms with van der Waals surface area (Å²) in [6, 6.07) is 10.8. The van der Waals surface area contributed by atoms with Crippen LogP contribution in [0.3, 0.4) is 0 Å². The number of nitrogens with zero attached hydrogens (tertiary/aromatic N) is 3. The number of carbonyl (C=O) groups is 2. The van der Waals surface area contributed by atoms with Gasteiger partial charge in [0.05, 0.1) is 28.6 Å². The topological polar surface area (TPSA) is 66.7 Å². The van der Waals surface area contributed by atoms with Crippen molar-refractivity contribution in [3.63, 3.8) is 0 Å². The van der Waals surface area contributed by atoms with Crippen LogP contribution in [-0.2, 0) is 11.3 Å². The number of pyridine rings is 1. The van der Waals surface area contributed by atoms with Crippen LogP contribution >= 0.6 is 23.4 Å². The van der Waals surface area contributed by atoms with E-state index in [9.17, 15) is 9.59 Å². The Morgan fingerprint density at radius 3 is 2.74 bits per heavy atom. The standard InChI is InChI=1S/C19H19ClN4O2S/c1-23(2)18(25)12-27-16-6-4-3-5-15(16)19(26)21-9-14-11-24-10-13(20)7-8-17(24)22-14/h3-8,10-11H,9,12H2,1-2H3,(H,21,26). The Hall–Kier alpha value is -2.51. The molecule has 2 heterocycles. The lowest BCUT2D eigenvalue weighted by atomic mass is 10.2. The highest BCUT2D eigenvalue weighted by Crippen LogP contribution is 2.23. The predicted octanol–water partition coefficient (Wildman–Crippen LogP) is 3.10. The first kappa shape index (κ1) is 19.3. The van der Waals surface area contributed by atoms with E-state index < -0.39 is 0 Å². The highest BCUT2D eigenvalue weighted by molar-refractivity contribution is 8.00. The summed E-state index contributed by atoms with van der Waals surface area (Å²) in [5, 5.41) is 3.50. The molecule has 0 atom stereocenters. The van der Waals surface area contributed by atoms with Crippen LogP contribution in [0.4, 0.5) is 0 Å². The number of thioether (sulfide) groups is 1. The van der Waals surface area contributed by atoms with Gasteiger partial charge < -0.3 is 14.6 Å². The van der Waals surface area contributed by atoms with Gasteiger partial charge in [-0.3, -0.25) is 9.59 Å². The van der Waals surface area contributed by atoms with E-state index in [2.05, 4.69) is 10.3 Å². The molecule has 0 radical (unpaired) electrons. The largest absolute Gasteiger partial charge is 0.348 e. The van der Waals surface area contributed by atoms with Crippen molar-refractivity contribution in [1.29, 1.82) is 0 Å². The third-order valence-electron chi connectivity index (χ3n) is 3.88. The molecular weight excluding hydrogens is 384 g/mol. The molecule has 3 aromatic rings. The van der Waals surface area contributed by atoms with Gasteiger partial charge in [0.15, 0.2) is 0 Å². The number of fused-ring (bicyclic) bond motifs is 1. The van der Waals surface area contributed by atoms with Crippen LogP contribution in [0.15, 0.2) is 53.7 Å².